The maximum Gasteiger partial charge on any atom is 0.303 e. The molecule has 11 nitrogen and oxygen atoms in total. The van der Waals surface area contributed by atoms with Crippen LogP contribution >= 0.6 is 0 Å². The average molecular weight is 499 g/mol. The number of hydrogen-bond donors (Lipinski definition) is 9. The third kappa shape index (κ3) is 12.0. The van der Waals surface area contributed by atoms with Crippen LogP contribution in [0.25, 0.3) is 0 Å². The summed E-state index contributed by atoms with van der Waals surface area (Å²) in [7, 11) is 0. The van der Waals surface area contributed by atoms with E-state index >= 15 is 0 Å². The van der Waals surface area contributed by atoms with Crippen molar-refractivity contribution in [2.75, 3.05) is 72.0 Å². The number of nitrogens with two attached hydrogens (primary N) is 1. The maximum absolute atomic E-state index is 12.9. The van der Waals surface area contributed by atoms with Gasteiger partial charge < -0.3 is 42.7 Å². The number of carbonyl (C=O) groups is 2. The number of rotatable bonds is 5. The van der Waals surface area contributed by atoms with E-state index in [1.54, 1.807) is 0 Å². The SMILES string of the molecule is CC1CNC[C@]2(N)CNCC(C)CNC[C@](NC(=O)CCCC(=O)O)(CNC1)CNCC(C)CN2. The molecule has 204 valence electrons. The number of hydrogen-bond acceptors (Lipinski definition) is 9. The van der Waals surface area contributed by atoms with Crippen LogP contribution in [0.1, 0.15) is 40.0 Å². The Labute approximate surface area is 210 Å². The minimum atomic E-state index is -0.877. The number of nitrogens with one attached hydrogen (secondary N) is 7. The molecule has 0 aromatic carbocycles. The van der Waals surface area contributed by atoms with Crippen LogP contribution in [0, 0.1) is 17.8 Å². The van der Waals surface area contributed by atoms with E-state index in [0.717, 1.165) is 39.3 Å². The largest absolute Gasteiger partial charge is 0.481 e. The fourth-order valence-corrected chi connectivity index (χ4v) is 4.62. The summed E-state index contributed by atoms with van der Waals surface area (Å²) in [5.41, 5.74) is 5.70. The van der Waals surface area contributed by atoms with Gasteiger partial charge in [-0.25, -0.2) is 0 Å². The quantitative estimate of drug-likeness (QED) is 0.212. The van der Waals surface area contributed by atoms with Gasteiger partial charge in [-0.2, -0.15) is 0 Å². The molecule has 11 heteroatoms. The molecule has 35 heavy (non-hydrogen) atoms. The van der Waals surface area contributed by atoms with Gasteiger partial charge in [0.25, 0.3) is 0 Å². The summed E-state index contributed by atoms with van der Waals surface area (Å²) in [6.45, 7) is 14.6. The molecule has 0 spiro atoms. The predicted octanol–water partition coefficient (Wildman–Crippen LogP) is -1.78. The minimum absolute atomic E-state index is 0.00263. The van der Waals surface area contributed by atoms with Crippen LogP contribution in [-0.4, -0.2) is 100 Å². The van der Waals surface area contributed by atoms with E-state index in [9.17, 15) is 9.59 Å². The molecular weight excluding hydrogens is 448 g/mol. The zero-order chi connectivity index (χ0) is 25.7. The molecule has 2 aliphatic heterocycles. The Morgan fingerprint density at radius 3 is 1.66 bits per heavy atom. The molecule has 0 aliphatic carbocycles. The van der Waals surface area contributed by atoms with Gasteiger partial charge in [-0.05, 0) is 56.9 Å². The van der Waals surface area contributed by atoms with E-state index in [0.29, 0.717) is 56.9 Å². The molecule has 2 bridgehead atoms. The molecule has 3 atom stereocenters. The topological polar surface area (TPSA) is 165 Å². The number of carboxylic acid groups (broad SMARTS) is 1. The molecule has 2 heterocycles. The first-order valence-electron chi connectivity index (χ1n) is 13.2. The second-order valence-electron chi connectivity index (χ2n) is 11.1. The summed E-state index contributed by atoms with van der Waals surface area (Å²) in [5, 5.41) is 33.6. The van der Waals surface area contributed by atoms with Crippen molar-refractivity contribution < 1.29 is 14.7 Å². The molecule has 0 aromatic rings. The van der Waals surface area contributed by atoms with Gasteiger partial charge in [0.2, 0.25) is 5.91 Å². The minimum Gasteiger partial charge on any atom is -0.481 e. The van der Waals surface area contributed by atoms with Crippen LogP contribution in [-0.2, 0) is 9.59 Å². The molecule has 10 N–H and O–H groups in total. The Hall–Kier alpha value is -1.34. The Morgan fingerprint density at radius 2 is 1.20 bits per heavy atom. The highest BCUT2D eigenvalue weighted by Gasteiger charge is 2.32. The third-order valence-corrected chi connectivity index (χ3v) is 6.74. The molecule has 2 aliphatic rings. The fourth-order valence-electron chi connectivity index (χ4n) is 4.62. The second kappa shape index (κ2) is 15.0. The Morgan fingerprint density at radius 1 is 0.771 bits per heavy atom. The molecule has 2 saturated heterocycles. The Bertz CT molecular complexity index is 628. The monoisotopic (exact) mass is 498 g/mol. The molecule has 3 unspecified atom stereocenters. The highest BCUT2D eigenvalue weighted by Crippen LogP contribution is 2.08. The predicted molar refractivity (Wildman–Crippen MR) is 139 cm³/mol. The lowest BCUT2D eigenvalue weighted by atomic mass is 9.96. The number of carbonyl (C=O) groups excluding carboxylic acids is 1. The van der Waals surface area contributed by atoms with E-state index in [2.05, 4.69) is 58.0 Å². The summed E-state index contributed by atoms with van der Waals surface area (Å²) < 4.78 is 0. The van der Waals surface area contributed by atoms with Gasteiger partial charge in [-0.1, -0.05) is 20.8 Å². The summed E-state index contributed by atoms with van der Waals surface area (Å²) in [6.07, 6.45) is 0.533. The maximum atomic E-state index is 12.9. The van der Waals surface area contributed by atoms with E-state index < -0.39 is 17.2 Å². The van der Waals surface area contributed by atoms with E-state index in [1.165, 1.54) is 0 Å². The lowest BCUT2D eigenvalue weighted by Crippen LogP contribution is -2.66. The molecule has 2 rings (SSSR count). The first-order valence-corrected chi connectivity index (χ1v) is 13.2. The number of carboxylic acids is 1. The van der Waals surface area contributed by atoms with E-state index in [-0.39, 0.29) is 18.7 Å². The van der Waals surface area contributed by atoms with Crippen LogP contribution in [0.15, 0.2) is 0 Å². The fraction of sp³-hybridized carbons (Fsp3) is 0.917. The first-order chi connectivity index (χ1) is 16.6. The van der Waals surface area contributed by atoms with Crippen molar-refractivity contribution in [3.05, 3.63) is 0 Å². The standard InChI is InChI=1S/C24H50N8O3/c1-18-7-26-13-23(32-21(33)5-4-6-22(34)35)14-27-8-19(2)10-30-17-24(25,16-29-9-18)31-12-20(3)11-28-15-23/h18-20,26-31H,4-17,25H2,1-3H3,(H,32,33)(H,34,35)/t18?,19?,20?,23-,24-. The molecule has 0 saturated carbocycles. The molecule has 2 fully saturated rings. The van der Waals surface area contributed by atoms with Crippen molar-refractivity contribution in [3.63, 3.8) is 0 Å². The molecule has 0 radical (unpaired) electrons. The van der Waals surface area contributed by atoms with Gasteiger partial charge in [0, 0.05) is 52.1 Å². The summed E-state index contributed by atoms with van der Waals surface area (Å²) in [4.78, 5) is 23.7. The lowest BCUT2D eigenvalue weighted by Gasteiger charge is -2.37. The normalized spacial score (nSPS) is 34.7. The Kier molecular flexibility index (Phi) is 12.8. The molecular formula is C24H50N8O3. The Balaban J connectivity index is 2.23. The smallest absolute Gasteiger partial charge is 0.303 e. The lowest BCUT2D eigenvalue weighted by molar-refractivity contribution is -0.137. The second-order valence-corrected chi connectivity index (χ2v) is 11.1. The van der Waals surface area contributed by atoms with Crippen molar-refractivity contribution in [3.8, 4) is 0 Å². The van der Waals surface area contributed by atoms with Crippen LogP contribution < -0.4 is 43.0 Å². The molecule has 0 aromatic heterocycles. The van der Waals surface area contributed by atoms with Crippen molar-refractivity contribution in [2.24, 2.45) is 23.5 Å². The highest BCUT2D eigenvalue weighted by atomic mass is 16.4. The third-order valence-electron chi connectivity index (χ3n) is 6.74. The van der Waals surface area contributed by atoms with Crippen LogP contribution in [0.3, 0.4) is 0 Å². The van der Waals surface area contributed by atoms with Crippen molar-refractivity contribution >= 4 is 11.9 Å². The number of fused-ring (bicyclic) bond motifs is 7. The average Bonchev–Trinajstić information content (AvgIpc) is 2.77. The summed E-state index contributed by atoms with van der Waals surface area (Å²) >= 11 is 0. The molecule has 1 amide bonds. The van der Waals surface area contributed by atoms with E-state index in [4.69, 9.17) is 10.8 Å². The summed E-state index contributed by atoms with van der Waals surface area (Å²) in [5.74, 6) is 0.122. The number of aliphatic carboxylic acids is 1. The van der Waals surface area contributed by atoms with Gasteiger partial charge in [0.1, 0.15) is 0 Å². The van der Waals surface area contributed by atoms with Crippen LogP contribution in [0.4, 0.5) is 0 Å². The van der Waals surface area contributed by atoms with Gasteiger partial charge in [0.15, 0.2) is 0 Å². The van der Waals surface area contributed by atoms with Crippen molar-refractivity contribution in [1.82, 2.24) is 37.2 Å². The summed E-state index contributed by atoms with van der Waals surface area (Å²) in [6, 6.07) is 0. The van der Waals surface area contributed by atoms with Crippen LogP contribution in [0.5, 0.6) is 0 Å². The zero-order valence-corrected chi connectivity index (χ0v) is 22.0. The van der Waals surface area contributed by atoms with E-state index in [1.807, 2.05) is 0 Å². The highest BCUT2D eigenvalue weighted by molar-refractivity contribution is 5.77. The van der Waals surface area contributed by atoms with Crippen molar-refractivity contribution in [1.29, 1.82) is 0 Å². The van der Waals surface area contributed by atoms with Gasteiger partial charge in [0.05, 0.1) is 11.2 Å². The van der Waals surface area contributed by atoms with Crippen LogP contribution in [0.2, 0.25) is 0 Å². The van der Waals surface area contributed by atoms with Crippen molar-refractivity contribution in [2.45, 2.75) is 51.2 Å². The van der Waals surface area contributed by atoms with Gasteiger partial charge in [-0.15, -0.1) is 0 Å². The first kappa shape index (κ1) is 29.9. The van der Waals surface area contributed by atoms with Gasteiger partial charge >= 0.3 is 5.97 Å². The zero-order valence-electron chi connectivity index (χ0n) is 22.0. The van der Waals surface area contributed by atoms with Gasteiger partial charge in [-0.3, -0.25) is 14.9 Å². The number of amides is 1.